The molecule has 202 valence electrons. The third-order valence-corrected chi connectivity index (χ3v) is 11.3. The van der Waals surface area contributed by atoms with Gasteiger partial charge in [-0.1, -0.05) is 13.3 Å². The first-order valence-corrected chi connectivity index (χ1v) is 15.5. The molecule has 0 saturated carbocycles. The summed E-state index contributed by atoms with van der Waals surface area (Å²) < 4.78 is 5.63. The number of aliphatic carboxylic acids is 2. The molecule has 1 unspecified atom stereocenters. The highest BCUT2D eigenvalue weighted by atomic mass is 32.2. The summed E-state index contributed by atoms with van der Waals surface area (Å²) in [6.45, 7) is 4.03. The molecule has 10 heteroatoms. The van der Waals surface area contributed by atoms with Gasteiger partial charge in [-0.2, -0.15) is 11.8 Å². The molecule has 1 saturated heterocycles. The first-order valence-electron chi connectivity index (χ1n) is 12.5. The second kappa shape index (κ2) is 15.7. The second-order valence-corrected chi connectivity index (χ2v) is 13.5. The molecule has 1 aliphatic rings. The van der Waals surface area contributed by atoms with Gasteiger partial charge >= 0.3 is 11.9 Å². The van der Waals surface area contributed by atoms with Gasteiger partial charge in [0, 0.05) is 35.2 Å². The molecule has 1 heterocycles. The third kappa shape index (κ3) is 10.1. The highest BCUT2D eigenvalue weighted by Gasteiger charge is 2.40. The van der Waals surface area contributed by atoms with Crippen LogP contribution in [0, 0.1) is 0 Å². The van der Waals surface area contributed by atoms with Gasteiger partial charge in [-0.05, 0) is 63.3 Å². The van der Waals surface area contributed by atoms with Gasteiger partial charge in [-0.15, -0.1) is 23.5 Å². The van der Waals surface area contributed by atoms with Gasteiger partial charge in [0.25, 0.3) is 0 Å². The molecule has 1 atom stereocenters. The van der Waals surface area contributed by atoms with Crippen LogP contribution in [-0.4, -0.2) is 66.2 Å². The van der Waals surface area contributed by atoms with Crippen molar-refractivity contribution in [1.29, 1.82) is 0 Å². The molecule has 0 aromatic heterocycles. The lowest BCUT2D eigenvalue weighted by atomic mass is 10.0. The molecule has 1 fully saturated rings. The van der Waals surface area contributed by atoms with Crippen LogP contribution in [-0.2, 0) is 16.0 Å². The summed E-state index contributed by atoms with van der Waals surface area (Å²) in [6, 6.07) is 3.40. The van der Waals surface area contributed by atoms with Crippen LogP contribution in [0.2, 0.25) is 0 Å². The second-order valence-electron chi connectivity index (χ2n) is 8.98. The molecule has 2 rings (SSSR count). The molecular weight excluding hydrogens is 520 g/mol. The van der Waals surface area contributed by atoms with Crippen molar-refractivity contribution < 1.29 is 34.4 Å². The summed E-state index contributed by atoms with van der Waals surface area (Å²) >= 11 is 5.40. The van der Waals surface area contributed by atoms with Crippen LogP contribution in [0.3, 0.4) is 0 Å². The minimum Gasteiger partial charge on any atom is -0.507 e. The Morgan fingerprint density at radius 1 is 1.11 bits per heavy atom. The van der Waals surface area contributed by atoms with Gasteiger partial charge in [0.05, 0.1) is 16.2 Å². The summed E-state index contributed by atoms with van der Waals surface area (Å²) in [4.78, 5) is 33.8. The number of ketones is 1. The topological polar surface area (TPSA) is 121 Å². The fourth-order valence-electron chi connectivity index (χ4n) is 4.09. The van der Waals surface area contributed by atoms with Crippen molar-refractivity contribution >= 4 is 53.0 Å². The summed E-state index contributed by atoms with van der Waals surface area (Å²) in [6.07, 6.45) is 5.65. The van der Waals surface area contributed by atoms with Crippen LogP contribution in [0.25, 0.3) is 0 Å². The fraction of sp³-hybridized carbons (Fsp3) is 0.654. The summed E-state index contributed by atoms with van der Waals surface area (Å²) in [5.74, 6) is 1.81. The number of carbonyl (C=O) groups is 3. The van der Waals surface area contributed by atoms with Crippen molar-refractivity contribution in [2.75, 3.05) is 23.9 Å². The molecule has 0 bridgehead atoms. The van der Waals surface area contributed by atoms with E-state index in [2.05, 4.69) is 0 Å². The van der Waals surface area contributed by atoms with Crippen molar-refractivity contribution in [2.24, 2.45) is 0 Å². The largest absolute Gasteiger partial charge is 0.507 e. The first kappa shape index (κ1) is 30.7. The molecule has 3 N–H and O–H groups in total. The Morgan fingerprint density at radius 3 is 2.42 bits per heavy atom. The fourth-order valence-corrected chi connectivity index (χ4v) is 9.26. The number of phenols is 1. The number of carboxylic acid groups (broad SMARTS) is 2. The van der Waals surface area contributed by atoms with Crippen LogP contribution < -0.4 is 4.74 Å². The Kier molecular flexibility index (Phi) is 13.4. The molecule has 0 amide bonds. The molecular formula is C26H38O7S3. The van der Waals surface area contributed by atoms with Gasteiger partial charge < -0.3 is 20.1 Å². The van der Waals surface area contributed by atoms with E-state index >= 15 is 0 Å². The van der Waals surface area contributed by atoms with E-state index in [-0.39, 0.29) is 28.5 Å². The predicted molar refractivity (Wildman–Crippen MR) is 149 cm³/mol. The number of ether oxygens (including phenoxy) is 1. The Morgan fingerprint density at radius 2 is 1.81 bits per heavy atom. The van der Waals surface area contributed by atoms with Crippen molar-refractivity contribution in [3.8, 4) is 11.5 Å². The smallest absolute Gasteiger partial charge is 0.303 e. The zero-order valence-electron chi connectivity index (χ0n) is 21.1. The zero-order valence-corrected chi connectivity index (χ0v) is 23.6. The molecule has 36 heavy (non-hydrogen) atoms. The summed E-state index contributed by atoms with van der Waals surface area (Å²) in [5, 5.41) is 29.0. The average molecular weight is 559 g/mol. The van der Waals surface area contributed by atoms with Crippen LogP contribution >= 0.6 is 35.3 Å². The average Bonchev–Trinajstić information content (AvgIpc) is 3.23. The van der Waals surface area contributed by atoms with Gasteiger partial charge in [0.15, 0.2) is 5.78 Å². The van der Waals surface area contributed by atoms with E-state index in [0.29, 0.717) is 48.0 Å². The maximum absolute atomic E-state index is 11.7. The number of carbonyl (C=O) groups excluding carboxylic acids is 1. The van der Waals surface area contributed by atoms with Crippen LogP contribution in [0.1, 0.15) is 81.1 Å². The SMILES string of the molecule is CCCc1c(OCCCCCSCC2CSC(CCC(=O)O)(CCC(=O)O)S2)ccc(C(C)=O)c1O. The maximum atomic E-state index is 11.7. The van der Waals surface area contributed by atoms with Crippen LogP contribution in [0.15, 0.2) is 12.1 Å². The van der Waals surface area contributed by atoms with Gasteiger partial charge in [0.2, 0.25) is 0 Å². The lowest BCUT2D eigenvalue weighted by Gasteiger charge is -2.26. The lowest BCUT2D eigenvalue weighted by Crippen LogP contribution is -2.21. The van der Waals surface area contributed by atoms with E-state index in [1.165, 1.54) is 6.92 Å². The van der Waals surface area contributed by atoms with Gasteiger partial charge in [0.1, 0.15) is 11.5 Å². The molecule has 1 aromatic carbocycles. The first-order chi connectivity index (χ1) is 17.2. The molecule has 1 aromatic rings. The van der Waals surface area contributed by atoms with Gasteiger partial charge in [-0.3, -0.25) is 14.4 Å². The summed E-state index contributed by atoms with van der Waals surface area (Å²) in [5.41, 5.74) is 1.04. The Bertz CT molecular complexity index is 873. The quantitative estimate of drug-likeness (QED) is 0.144. The predicted octanol–water partition coefficient (Wildman–Crippen LogP) is 6.10. The number of hydrogen-bond acceptors (Lipinski definition) is 8. The minimum atomic E-state index is -0.834. The van der Waals surface area contributed by atoms with Crippen molar-refractivity contribution in [1.82, 2.24) is 0 Å². The molecule has 7 nitrogen and oxygen atoms in total. The Balaban J connectivity index is 1.68. The van der Waals surface area contributed by atoms with E-state index < -0.39 is 11.9 Å². The number of hydrogen-bond donors (Lipinski definition) is 3. The molecule has 0 aliphatic carbocycles. The third-order valence-electron chi connectivity index (χ3n) is 5.97. The van der Waals surface area contributed by atoms with Crippen molar-refractivity contribution in [3.05, 3.63) is 23.3 Å². The summed E-state index contributed by atoms with van der Waals surface area (Å²) in [7, 11) is 0. The highest BCUT2D eigenvalue weighted by Crippen LogP contribution is 2.54. The molecule has 0 radical (unpaired) electrons. The highest BCUT2D eigenvalue weighted by molar-refractivity contribution is 8.22. The van der Waals surface area contributed by atoms with Crippen LogP contribution in [0.5, 0.6) is 11.5 Å². The van der Waals surface area contributed by atoms with E-state index in [4.69, 9.17) is 14.9 Å². The van der Waals surface area contributed by atoms with E-state index in [0.717, 1.165) is 42.9 Å². The number of thioether (sulfide) groups is 3. The Labute approximate surface area is 226 Å². The van der Waals surface area contributed by atoms with E-state index in [1.54, 1.807) is 35.7 Å². The zero-order chi connectivity index (χ0) is 26.6. The number of benzene rings is 1. The van der Waals surface area contributed by atoms with E-state index in [1.807, 2.05) is 18.7 Å². The normalized spacial score (nSPS) is 16.7. The molecule has 1 aliphatic heterocycles. The number of aromatic hydroxyl groups is 1. The van der Waals surface area contributed by atoms with Crippen LogP contribution in [0.4, 0.5) is 0 Å². The molecule has 0 spiro atoms. The number of phenolic OH excluding ortho intramolecular Hbond substituents is 1. The Hall–Kier alpha value is -1.52. The van der Waals surface area contributed by atoms with Crippen molar-refractivity contribution in [3.63, 3.8) is 0 Å². The monoisotopic (exact) mass is 558 g/mol. The number of rotatable bonds is 18. The minimum absolute atomic E-state index is 0.0381. The lowest BCUT2D eigenvalue weighted by molar-refractivity contribution is -0.137. The number of unbranched alkanes of at least 4 members (excludes halogenated alkanes) is 2. The van der Waals surface area contributed by atoms with Crippen molar-refractivity contribution in [2.45, 2.75) is 81.0 Å². The van der Waals surface area contributed by atoms with Gasteiger partial charge in [-0.25, -0.2) is 0 Å². The standard InChI is InChI=1S/C26H38O7S3/c1-3-7-21-22(9-8-20(18(2)27)25(21)32)33-14-5-4-6-15-34-16-19-17-35-26(36-19,12-10-23(28)29)13-11-24(30)31/h8-9,19,32H,3-7,10-17H2,1-2H3,(H,28,29)(H,30,31). The maximum Gasteiger partial charge on any atom is 0.303 e. The number of carboxylic acids is 2. The number of Topliss-reactive ketones (excluding diaryl/α,β-unsaturated/α-hetero) is 1. The van der Waals surface area contributed by atoms with E-state index in [9.17, 15) is 19.5 Å².